The fourth-order valence-electron chi connectivity index (χ4n) is 0.457. The third-order valence-corrected chi connectivity index (χ3v) is 0.829. The molecule has 0 unspecified atom stereocenters. The minimum absolute atomic E-state index is 0.199. The highest BCUT2D eigenvalue weighted by molar-refractivity contribution is 6.38. The number of amidine groups is 1. The van der Waals surface area contributed by atoms with E-state index >= 15 is 0 Å². The average molecular weight is 114 g/mol. The van der Waals surface area contributed by atoms with Crippen LogP contribution in [0.5, 0.6) is 0 Å². The van der Waals surface area contributed by atoms with Crippen molar-refractivity contribution in [2.45, 2.75) is 0 Å². The van der Waals surface area contributed by atoms with Crippen LogP contribution in [-0.2, 0) is 4.79 Å². The highest BCUT2D eigenvalue weighted by Gasteiger charge is 2.13. The lowest BCUT2D eigenvalue weighted by atomic mass is 10.6. The molecule has 0 aromatic rings. The Kier molecular flexibility index (Phi) is 1.13. The van der Waals surface area contributed by atoms with E-state index in [9.17, 15) is 4.79 Å². The van der Waals surface area contributed by atoms with Crippen molar-refractivity contribution in [2.24, 2.45) is 10.8 Å². The number of nitrogens with one attached hydrogen (secondary N) is 2. The zero-order valence-corrected chi connectivity index (χ0v) is 4.14. The maximum Gasteiger partial charge on any atom is 0.289 e. The van der Waals surface area contributed by atoms with Gasteiger partial charge in [-0.3, -0.25) is 4.79 Å². The van der Waals surface area contributed by atoms with Crippen molar-refractivity contribution >= 4 is 11.7 Å². The first-order chi connectivity index (χ1) is 3.84. The van der Waals surface area contributed by atoms with Crippen LogP contribution < -0.4 is 16.6 Å². The zero-order chi connectivity index (χ0) is 5.98. The molecule has 1 amide bonds. The second kappa shape index (κ2) is 1.79. The molecule has 5 heteroatoms. The van der Waals surface area contributed by atoms with E-state index in [4.69, 9.17) is 5.84 Å². The van der Waals surface area contributed by atoms with E-state index in [0.29, 0.717) is 6.67 Å². The number of amides is 1. The first-order valence-corrected chi connectivity index (χ1v) is 2.14. The Labute approximate surface area is 45.9 Å². The summed E-state index contributed by atoms with van der Waals surface area (Å²) in [4.78, 5) is 14.1. The third-order valence-electron chi connectivity index (χ3n) is 0.829. The summed E-state index contributed by atoms with van der Waals surface area (Å²) in [5, 5.41) is 2.44. The van der Waals surface area contributed by atoms with Gasteiger partial charge < -0.3 is 10.7 Å². The second-order valence-corrected chi connectivity index (χ2v) is 1.32. The Morgan fingerprint density at radius 1 is 1.88 bits per heavy atom. The van der Waals surface area contributed by atoms with Crippen molar-refractivity contribution in [3.8, 4) is 0 Å². The van der Waals surface area contributed by atoms with E-state index in [0.717, 1.165) is 0 Å². The molecule has 0 saturated heterocycles. The fourth-order valence-corrected chi connectivity index (χ4v) is 0.457. The molecule has 0 aromatic carbocycles. The van der Waals surface area contributed by atoms with Crippen LogP contribution >= 0.6 is 0 Å². The normalized spacial score (nSPS) is 17.6. The summed E-state index contributed by atoms with van der Waals surface area (Å²) < 4.78 is 0. The molecule has 8 heavy (non-hydrogen) atoms. The smallest absolute Gasteiger partial charge is 0.289 e. The first-order valence-electron chi connectivity index (χ1n) is 2.14. The van der Waals surface area contributed by atoms with Crippen LogP contribution in [0.3, 0.4) is 0 Å². The summed E-state index contributed by atoms with van der Waals surface area (Å²) >= 11 is 0. The van der Waals surface area contributed by atoms with E-state index in [1.54, 1.807) is 0 Å². The topological polar surface area (TPSA) is 79.5 Å². The standard InChI is InChI=1S/C3H6N4O/c4-7-2-3(8)6-1-5-2/h1,4H2,(H,5,7)(H,6,8). The van der Waals surface area contributed by atoms with E-state index in [-0.39, 0.29) is 11.7 Å². The molecule has 0 spiro atoms. The monoisotopic (exact) mass is 114 g/mol. The van der Waals surface area contributed by atoms with Crippen LogP contribution in [0.1, 0.15) is 0 Å². The molecule has 0 aliphatic carbocycles. The lowest BCUT2D eigenvalue weighted by Gasteiger charge is -1.91. The molecule has 4 N–H and O–H groups in total. The number of rotatable bonds is 0. The molecule has 44 valence electrons. The lowest BCUT2D eigenvalue weighted by Crippen LogP contribution is -2.38. The number of hydrogen-bond donors (Lipinski definition) is 3. The molecule has 0 aromatic heterocycles. The lowest BCUT2D eigenvalue weighted by molar-refractivity contribution is -0.114. The van der Waals surface area contributed by atoms with Gasteiger partial charge in [0.25, 0.3) is 5.91 Å². The van der Waals surface area contributed by atoms with E-state index in [2.05, 4.69) is 15.7 Å². The number of hydrogen-bond acceptors (Lipinski definition) is 4. The van der Waals surface area contributed by atoms with Gasteiger partial charge in [0.15, 0.2) is 0 Å². The van der Waals surface area contributed by atoms with Crippen LogP contribution in [0.25, 0.3) is 0 Å². The molecule has 1 heterocycles. The number of aliphatic imine (C=N–C) groups is 1. The van der Waals surface area contributed by atoms with Crippen molar-refractivity contribution < 1.29 is 4.79 Å². The molecule has 1 rings (SSSR count). The number of carbonyl (C=O) groups excluding carboxylic acids is 1. The molecular formula is C3H6N4O. The summed E-state index contributed by atoms with van der Waals surface area (Å²) in [7, 11) is 0. The van der Waals surface area contributed by atoms with Crippen molar-refractivity contribution in [1.29, 1.82) is 0 Å². The van der Waals surface area contributed by atoms with E-state index in [1.165, 1.54) is 0 Å². The number of hydrazine groups is 1. The highest BCUT2D eigenvalue weighted by Crippen LogP contribution is 1.80. The fraction of sp³-hybridized carbons (Fsp3) is 0.333. The van der Waals surface area contributed by atoms with Gasteiger partial charge in [-0.25, -0.2) is 10.8 Å². The molecule has 0 atom stereocenters. The quantitative estimate of drug-likeness (QED) is 0.250. The largest absolute Gasteiger partial charge is 0.330 e. The molecule has 5 nitrogen and oxygen atoms in total. The molecule has 1 aliphatic heterocycles. The third kappa shape index (κ3) is 0.627. The number of carbonyl (C=O) groups is 1. The SMILES string of the molecule is NNC1=NCNC1=O. The van der Waals surface area contributed by atoms with Crippen molar-refractivity contribution in [1.82, 2.24) is 10.7 Å². The summed E-state index contributed by atoms with van der Waals surface area (Å²) in [5.74, 6) is 4.84. The maximum atomic E-state index is 10.4. The van der Waals surface area contributed by atoms with Gasteiger partial charge in [0.2, 0.25) is 5.84 Å². The zero-order valence-electron chi connectivity index (χ0n) is 4.14. The first kappa shape index (κ1) is 5.04. The Hall–Kier alpha value is -1.10. The number of nitrogens with two attached hydrogens (primary N) is 1. The Morgan fingerprint density at radius 3 is 2.88 bits per heavy atom. The molecule has 0 saturated carbocycles. The van der Waals surface area contributed by atoms with Crippen LogP contribution in [0.15, 0.2) is 4.99 Å². The van der Waals surface area contributed by atoms with Gasteiger partial charge >= 0.3 is 0 Å². The van der Waals surface area contributed by atoms with Crippen LogP contribution in [0.4, 0.5) is 0 Å². The van der Waals surface area contributed by atoms with Gasteiger partial charge in [-0.2, -0.15) is 0 Å². The number of nitrogens with zero attached hydrogens (tertiary/aromatic N) is 1. The van der Waals surface area contributed by atoms with Gasteiger partial charge in [0.1, 0.15) is 6.67 Å². The van der Waals surface area contributed by atoms with Gasteiger partial charge in [-0.15, -0.1) is 0 Å². The summed E-state index contributed by atoms with van der Waals surface area (Å²) in [6.45, 7) is 0.332. The van der Waals surface area contributed by atoms with Crippen molar-refractivity contribution in [2.75, 3.05) is 6.67 Å². The average Bonchev–Trinajstić information content (AvgIpc) is 2.14. The van der Waals surface area contributed by atoms with Crippen LogP contribution in [0.2, 0.25) is 0 Å². The minimum atomic E-state index is -0.243. The molecule has 0 bridgehead atoms. The van der Waals surface area contributed by atoms with Crippen LogP contribution in [-0.4, -0.2) is 18.4 Å². The molecule has 0 fully saturated rings. The van der Waals surface area contributed by atoms with E-state index < -0.39 is 0 Å². The summed E-state index contributed by atoms with van der Waals surface area (Å²) in [5.41, 5.74) is 2.15. The minimum Gasteiger partial charge on any atom is -0.330 e. The second-order valence-electron chi connectivity index (χ2n) is 1.32. The Bertz CT molecular complexity index is 140. The van der Waals surface area contributed by atoms with E-state index in [1.807, 2.05) is 0 Å². The van der Waals surface area contributed by atoms with Gasteiger partial charge in [0, 0.05) is 0 Å². The highest BCUT2D eigenvalue weighted by atomic mass is 16.2. The van der Waals surface area contributed by atoms with Crippen molar-refractivity contribution in [3.05, 3.63) is 0 Å². The molecule has 1 aliphatic rings. The predicted molar refractivity (Wildman–Crippen MR) is 27.8 cm³/mol. The maximum absolute atomic E-state index is 10.4. The Balaban J connectivity index is 2.62. The summed E-state index contributed by atoms with van der Waals surface area (Å²) in [6, 6.07) is 0. The van der Waals surface area contributed by atoms with Crippen molar-refractivity contribution in [3.63, 3.8) is 0 Å². The molecule has 0 radical (unpaired) electrons. The predicted octanol–water partition coefficient (Wildman–Crippen LogP) is -2.06. The van der Waals surface area contributed by atoms with Crippen LogP contribution in [0, 0.1) is 0 Å². The Morgan fingerprint density at radius 2 is 2.62 bits per heavy atom. The molecular weight excluding hydrogens is 108 g/mol. The van der Waals surface area contributed by atoms with Gasteiger partial charge in [0.05, 0.1) is 0 Å². The summed E-state index contributed by atoms with van der Waals surface area (Å²) in [6.07, 6.45) is 0. The van der Waals surface area contributed by atoms with Gasteiger partial charge in [-0.05, 0) is 0 Å². The van der Waals surface area contributed by atoms with Gasteiger partial charge in [-0.1, -0.05) is 0 Å².